The third kappa shape index (κ3) is 3.95. The number of carboxylic acid groups (broad SMARTS) is 1. The van der Waals surface area contributed by atoms with E-state index in [4.69, 9.17) is 9.84 Å². The molecule has 88 valence electrons. The molecule has 0 fully saturated rings. The maximum atomic E-state index is 11.1. The van der Waals surface area contributed by atoms with Gasteiger partial charge in [0.15, 0.2) is 5.69 Å². The number of amides is 1. The van der Waals surface area contributed by atoms with Gasteiger partial charge in [0.05, 0.1) is 6.54 Å². The Morgan fingerprint density at radius 3 is 2.94 bits per heavy atom. The second-order valence-electron chi connectivity index (χ2n) is 2.85. The van der Waals surface area contributed by atoms with Gasteiger partial charge in [-0.25, -0.2) is 9.78 Å². The summed E-state index contributed by atoms with van der Waals surface area (Å²) in [5, 5.41) is 13.2. The first kappa shape index (κ1) is 12.6. The minimum absolute atomic E-state index is 0.000873. The third-order valence-electron chi connectivity index (χ3n) is 1.64. The van der Waals surface area contributed by atoms with E-state index in [1.807, 2.05) is 0 Å². The lowest BCUT2D eigenvalue weighted by Crippen LogP contribution is -2.27. The van der Waals surface area contributed by atoms with Crippen LogP contribution in [0.5, 0.6) is 0 Å². The van der Waals surface area contributed by atoms with E-state index in [1.54, 1.807) is 6.92 Å². The van der Waals surface area contributed by atoms with Crippen molar-refractivity contribution >= 4 is 23.2 Å². The predicted octanol–water partition coefficient (Wildman–Crippen LogP) is 0.494. The van der Waals surface area contributed by atoms with Crippen LogP contribution in [0, 0.1) is 0 Å². The van der Waals surface area contributed by atoms with Gasteiger partial charge in [-0.15, -0.1) is 11.3 Å². The van der Waals surface area contributed by atoms with Crippen LogP contribution in [0.15, 0.2) is 5.38 Å². The molecular formula is C9H12N2O4S. The van der Waals surface area contributed by atoms with Crippen molar-refractivity contribution in [1.82, 2.24) is 10.3 Å². The summed E-state index contributed by atoms with van der Waals surface area (Å²) in [4.78, 5) is 25.5. The molecule has 0 saturated carbocycles. The number of nitrogens with zero attached hydrogens (tertiary/aromatic N) is 1. The lowest BCUT2D eigenvalue weighted by Gasteiger charge is -2.02. The predicted molar refractivity (Wildman–Crippen MR) is 57.4 cm³/mol. The molecule has 0 saturated heterocycles. The Labute approximate surface area is 96.3 Å². The van der Waals surface area contributed by atoms with Crippen molar-refractivity contribution in [3.63, 3.8) is 0 Å². The summed E-state index contributed by atoms with van der Waals surface area (Å²) in [5.41, 5.74) is -0.000873. The molecule has 1 aromatic heterocycles. The number of carboxylic acids is 1. The van der Waals surface area contributed by atoms with E-state index < -0.39 is 5.97 Å². The molecule has 0 aromatic carbocycles. The van der Waals surface area contributed by atoms with Crippen LogP contribution < -0.4 is 5.32 Å². The van der Waals surface area contributed by atoms with Gasteiger partial charge in [0.1, 0.15) is 11.6 Å². The molecule has 1 rings (SSSR count). The van der Waals surface area contributed by atoms with Gasteiger partial charge in [0.2, 0.25) is 5.91 Å². The highest BCUT2D eigenvalue weighted by molar-refractivity contribution is 7.09. The first-order valence-corrected chi connectivity index (χ1v) is 5.53. The number of carbonyl (C=O) groups excluding carboxylic acids is 1. The van der Waals surface area contributed by atoms with Crippen molar-refractivity contribution in [2.24, 2.45) is 0 Å². The first-order valence-electron chi connectivity index (χ1n) is 4.65. The summed E-state index contributed by atoms with van der Waals surface area (Å²) >= 11 is 1.20. The minimum atomic E-state index is -1.07. The highest BCUT2D eigenvalue weighted by Crippen LogP contribution is 2.09. The van der Waals surface area contributed by atoms with Gasteiger partial charge in [0.25, 0.3) is 0 Å². The Balaban J connectivity index is 2.36. The molecule has 1 aromatic rings. The van der Waals surface area contributed by atoms with E-state index in [0.29, 0.717) is 11.6 Å². The molecule has 0 spiro atoms. The fraction of sp³-hybridized carbons (Fsp3) is 0.444. The normalized spacial score (nSPS) is 10.1. The molecule has 0 radical (unpaired) electrons. The van der Waals surface area contributed by atoms with E-state index in [2.05, 4.69) is 10.3 Å². The second-order valence-corrected chi connectivity index (χ2v) is 3.79. The summed E-state index contributed by atoms with van der Waals surface area (Å²) in [5.74, 6) is -1.31. The minimum Gasteiger partial charge on any atom is -0.476 e. The zero-order chi connectivity index (χ0) is 12.0. The third-order valence-corrected chi connectivity index (χ3v) is 2.49. The van der Waals surface area contributed by atoms with E-state index in [9.17, 15) is 9.59 Å². The number of nitrogens with one attached hydrogen (secondary N) is 1. The SMILES string of the molecule is CCOCC(=O)NCc1nc(C(=O)O)cs1. The monoisotopic (exact) mass is 244 g/mol. The highest BCUT2D eigenvalue weighted by atomic mass is 32.1. The van der Waals surface area contributed by atoms with E-state index in [-0.39, 0.29) is 24.8 Å². The van der Waals surface area contributed by atoms with Gasteiger partial charge < -0.3 is 15.2 Å². The van der Waals surface area contributed by atoms with Crippen LogP contribution in [0.2, 0.25) is 0 Å². The fourth-order valence-electron chi connectivity index (χ4n) is 0.910. The fourth-order valence-corrected chi connectivity index (χ4v) is 1.62. The van der Waals surface area contributed by atoms with E-state index >= 15 is 0 Å². The van der Waals surface area contributed by atoms with Gasteiger partial charge in [0, 0.05) is 12.0 Å². The maximum absolute atomic E-state index is 11.1. The van der Waals surface area contributed by atoms with Crippen LogP contribution in [0.25, 0.3) is 0 Å². The van der Waals surface area contributed by atoms with E-state index in [1.165, 1.54) is 16.7 Å². The largest absolute Gasteiger partial charge is 0.476 e. The molecule has 1 amide bonds. The molecule has 7 heteroatoms. The van der Waals surface area contributed by atoms with Crippen molar-refractivity contribution in [1.29, 1.82) is 0 Å². The second kappa shape index (κ2) is 6.19. The number of thiazole rings is 1. The van der Waals surface area contributed by atoms with Crippen molar-refractivity contribution in [2.75, 3.05) is 13.2 Å². The summed E-state index contributed by atoms with van der Waals surface area (Å²) in [6.07, 6.45) is 0. The molecule has 2 N–H and O–H groups in total. The number of hydrogen-bond donors (Lipinski definition) is 2. The topological polar surface area (TPSA) is 88.5 Å². The zero-order valence-electron chi connectivity index (χ0n) is 8.73. The molecular weight excluding hydrogens is 232 g/mol. The Kier molecular flexibility index (Phi) is 4.87. The number of aromatic carboxylic acids is 1. The highest BCUT2D eigenvalue weighted by Gasteiger charge is 2.09. The number of carbonyl (C=O) groups is 2. The average molecular weight is 244 g/mol. The smallest absolute Gasteiger partial charge is 0.355 e. The van der Waals surface area contributed by atoms with Crippen LogP contribution in [0.3, 0.4) is 0 Å². The number of aromatic nitrogens is 1. The van der Waals surface area contributed by atoms with E-state index in [0.717, 1.165) is 0 Å². The van der Waals surface area contributed by atoms with Crippen LogP contribution in [-0.2, 0) is 16.1 Å². The van der Waals surface area contributed by atoms with Crippen LogP contribution in [0.1, 0.15) is 22.4 Å². The maximum Gasteiger partial charge on any atom is 0.355 e. The quantitative estimate of drug-likeness (QED) is 0.760. The summed E-state index contributed by atoms with van der Waals surface area (Å²) in [7, 11) is 0. The molecule has 0 aliphatic carbocycles. The molecule has 6 nitrogen and oxygen atoms in total. The Bertz CT molecular complexity index is 377. The van der Waals surface area contributed by atoms with Crippen LogP contribution in [0.4, 0.5) is 0 Å². The zero-order valence-corrected chi connectivity index (χ0v) is 9.54. The van der Waals surface area contributed by atoms with Gasteiger partial charge in [-0.05, 0) is 6.92 Å². The average Bonchev–Trinajstić information content (AvgIpc) is 2.72. The Morgan fingerprint density at radius 1 is 1.62 bits per heavy atom. The molecule has 0 aliphatic heterocycles. The van der Waals surface area contributed by atoms with Crippen molar-refractivity contribution in [3.8, 4) is 0 Å². The Hall–Kier alpha value is -1.47. The molecule has 0 atom stereocenters. The summed E-state index contributed by atoms with van der Waals surface area (Å²) in [6.45, 7) is 2.51. The standard InChI is InChI=1S/C9H12N2O4S/c1-2-15-4-7(12)10-3-8-11-6(5-16-8)9(13)14/h5H,2-4H2,1H3,(H,10,12)(H,13,14). The van der Waals surface area contributed by atoms with Crippen molar-refractivity contribution in [2.45, 2.75) is 13.5 Å². The number of hydrogen-bond acceptors (Lipinski definition) is 5. The van der Waals surface area contributed by atoms with Crippen LogP contribution in [-0.4, -0.2) is 35.2 Å². The number of rotatable bonds is 6. The van der Waals surface area contributed by atoms with Gasteiger partial charge in [-0.1, -0.05) is 0 Å². The molecule has 0 bridgehead atoms. The van der Waals surface area contributed by atoms with Crippen molar-refractivity contribution < 1.29 is 19.4 Å². The van der Waals surface area contributed by atoms with Gasteiger partial charge in [-0.2, -0.15) is 0 Å². The first-order chi connectivity index (χ1) is 7.63. The van der Waals surface area contributed by atoms with Crippen LogP contribution >= 0.6 is 11.3 Å². The molecule has 1 heterocycles. The number of ether oxygens (including phenoxy) is 1. The lowest BCUT2D eigenvalue weighted by atomic mass is 10.5. The lowest BCUT2D eigenvalue weighted by molar-refractivity contribution is -0.125. The summed E-state index contributed by atoms with van der Waals surface area (Å²) < 4.78 is 4.90. The Morgan fingerprint density at radius 2 is 2.38 bits per heavy atom. The molecule has 16 heavy (non-hydrogen) atoms. The molecule has 0 unspecified atom stereocenters. The summed E-state index contributed by atoms with van der Waals surface area (Å²) in [6, 6.07) is 0. The van der Waals surface area contributed by atoms with Crippen molar-refractivity contribution in [3.05, 3.63) is 16.1 Å². The molecule has 0 aliphatic rings. The van der Waals surface area contributed by atoms with Gasteiger partial charge >= 0.3 is 5.97 Å². The van der Waals surface area contributed by atoms with Gasteiger partial charge in [-0.3, -0.25) is 4.79 Å².